The number of carbonyl (C=O) groups is 4. The predicted molar refractivity (Wildman–Crippen MR) is 297 cm³/mol. The van der Waals surface area contributed by atoms with Crippen LogP contribution in [-0.2, 0) is 38.3 Å². The van der Waals surface area contributed by atoms with Gasteiger partial charge in [-0.2, -0.15) is 0 Å². The van der Waals surface area contributed by atoms with Gasteiger partial charge in [-0.05, 0) is 12.8 Å². The molecule has 18 rings (SSSR count). The molecule has 0 radical (unpaired) electrons. The number of esters is 3. The van der Waals surface area contributed by atoms with Crippen LogP contribution < -0.4 is 26.3 Å². The fraction of sp³-hybridized carbons (Fsp3) is 0.750. The fourth-order valence-corrected chi connectivity index (χ4v) is 27.8. The summed E-state index contributed by atoms with van der Waals surface area (Å²) in [5.74, 6) is 6.91. The molecular formula is C64H82Cl2O12Te. The van der Waals surface area contributed by atoms with E-state index in [1.165, 1.54) is 25.7 Å². The molecule has 0 aromatic heterocycles. The number of carbonyl (C=O) groups excluding carboxylic acids is 4. The van der Waals surface area contributed by atoms with Crippen molar-refractivity contribution in [2.45, 2.75) is 179 Å². The van der Waals surface area contributed by atoms with E-state index in [-0.39, 0.29) is 53.5 Å². The predicted octanol–water partition coefficient (Wildman–Crippen LogP) is 11.8. The Kier molecular flexibility index (Phi) is 13.7. The standard InChI is InChI=1S/C64H82Cl2O12Te/c1-61(43-15-35-11-36(17-43)18-44(61)16-35)31-55(67)77-78-59-53(72-33-57(69)75-63(3)47-23-39-13-40(25-47)26-48(63)24-39)9-10-54(60(59)73-34-58(70)76-64(4)49-27-41-14-42(29-49)30-50(64)28-41)79(65,66)52-7-5-51(6-8-52)71-32-56(68)74-62(2)45-19-37-12-38(21-45)22-46(62)20-37/h5-10,35-50H,11-34H2,1-4H3. The van der Waals surface area contributed by atoms with Gasteiger partial charge in [-0.1, -0.05) is 0 Å². The number of hydrogen-bond acceptors (Lipinski definition) is 12. The van der Waals surface area contributed by atoms with Gasteiger partial charge in [0.15, 0.2) is 0 Å². The third kappa shape index (κ3) is 9.57. The molecular weight excluding hydrogens is 1160 g/mol. The molecule has 15 heteroatoms. The Balaban J connectivity index is 0.737. The van der Waals surface area contributed by atoms with Crippen LogP contribution in [0.3, 0.4) is 0 Å². The van der Waals surface area contributed by atoms with Crippen LogP contribution in [0.5, 0.6) is 23.0 Å². The van der Waals surface area contributed by atoms with Crippen molar-refractivity contribution in [3.05, 3.63) is 36.4 Å². The summed E-state index contributed by atoms with van der Waals surface area (Å²) in [4.78, 5) is 68.1. The average Bonchev–Trinajstić information content (AvgIpc) is 3.61. The molecule has 0 atom stereocenters. The van der Waals surface area contributed by atoms with Crippen molar-refractivity contribution >= 4 is 65.0 Å². The van der Waals surface area contributed by atoms with E-state index in [9.17, 15) is 19.2 Å². The van der Waals surface area contributed by atoms with Crippen molar-refractivity contribution in [1.82, 2.24) is 0 Å². The molecule has 0 aliphatic heterocycles. The fourth-order valence-electron chi connectivity index (χ4n) is 21.0. The molecule has 16 aliphatic rings. The van der Waals surface area contributed by atoms with E-state index >= 15 is 0 Å². The van der Waals surface area contributed by atoms with Gasteiger partial charge < -0.3 is 0 Å². The van der Waals surface area contributed by atoms with Crippen LogP contribution >= 0.6 is 17.9 Å². The molecule has 16 fully saturated rings. The number of halogens is 2. The van der Waals surface area contributed by atoms with Gasteiger partial charge in [0.1, 0.15) is 0 Å². The number of hydrogen-bond donors (Lipinski definition) is 0. The maximum atomic E-state index is 14.3. The van der Waals surface area contributed by atoms with Crippen molar-refractivity contribution in [1.29, 1.82) is 0 Å². The topological polar surface area (TPSA) is 142 Å². The molecule has 16 aliphatic carbocycles. The number of rotatable bonds is 18. The summed E-state index contributed by atoms with van der Waals surface area (Å²) in [5, 5.41) is 0. The van der Waals surface area contributed by atoms with Gasteiger partial charge in [-0.25, -0.2) is 0 Å². The summed E-state index contributed by atoms with van der Waals surface area (Å²) in [6.45, 7) is 7.36. The van der Waals surface area contributed by atoms with Crippen LogP contribution in [0.4, 0.5) is 0 Å². The number of benzene rings is 2. The Morgan fingerprint density at radius 2 is 0.785 bits per heavy atom. The monoisotopic (exact) mass is 1240 g/mol. The van der Waals surface area contributed by atoms with Gasteiger partial charge in [-0.3, -0.25) is 0 Å². The van der Waals surface area contributed by atoms with E-state index in [0.29, 0.717) is 72.2 Å². The first-order valence-electron chi connectivity index (χ1n) is 30.7. The maximum absolute atomic E-state index is 14.3. The van der Waals surface area contributed by atoms with Crippen LogP contribution in [0, 0.1) is 100 Å². The Morgan fingerprint density at radius 1 is 0.430 bits per heavy atom. The molecule has 2 aromatic carbocycles. The minimum atomic E-state index is -4.63. The van der Waals surface area contributed by atoms with Crippen LogP contribution in [0.25, 0.3) is 0 Å². The van der Waals surface area contributed by atoms with Crippen molar-refractivity contribution in [2.75, 3.05) is 19.8 Å². The summed E-state index contributed by atoms with van der Waals surface area (Å²) in [6, 6.07) is 10.3. The molecule has 79 heavy (non-hydrogen) atoms. The normalized spacial score (nSPS) is 43.1. The van der Waals surface area contributed by atoms with Crippen molar-refractivity contribution < 1.29 is 57.4 Å². The van der Waals surface area contributed by atoms with E-state index < -0.39 is 63.9 Å². The van der Waals surface area contributed by atoms with Crippen molar-refractivity contribution in [2.24, 2.45) is 100 Å². The second-order valence-corrected chi connectivity index (χ2v) is 41.5. The first-order chi connectivity index (χ1) is 37.8. The molecule has 0 spiro atoms. The van der Waals surface area contributed by atoms with E-state index in [2.05, 4.69) is 27.7 Å². The third-order valence-electron chi connectivity index (χ3n) is 24.5. The van der Waals surface area contributed by atoms with Crippen molar-refractivity contribution in [3.8, 4) is 23.0 Å². The average molecular weight is 1240 g/mol. The molecule has 430 valence electrons. The van der Waals surface area contributed by atoms with Crippen LogP contribution in [-0.4, -0.2) is 76.4 Å². The second kappa shape index (κ2) is 20.0. The molecule has 16 saturated carbocycles. The molecule has 0 N–H and O–H groups in total. The SMILES string of the molecule is CC1(CC(=O)OOc2c(OCC(=O)OC3(C)C4CC5CC(C4)CC3C5)ccc([Te](Cl)(Cl)c3ccc(OCC(=O)OC4(C)C5CC6CC(C5)CC4C6)cc3)c2OCC(=O)OC2(C)C3CC4CC(C3)CC2C4)C2CC3CC(C2)CC1C3. The zero-order valence-electron chi connectivity index (χ0n) is 46.7. The van der Waals surface area contributed by atoms with E-state index in [1.54, 1.807) is 36.4 Å². The molecule has 16 bridgehead atoms. The van der Waals surface area contributed by atoms with E-state index in [0.717, 1.165) is 126 Å². The van der Waals surface area contributed by atoms with Crippen LogP contribution in [0.1, 0.15) is 163 Å². The van der Waals surface area contributed by atoms with Gasteiger partial charge in [-0.15, -0.1) is 0 Å². The molecule has 2 aromatic rings. The second-order valence-electron chi connectivity index (χ2n) is 28.9. The first-order valence-corrected chi connectivity index (χ1v) is 38.9. The minimum absolute atomic E-state index is 0.0334. The van der Waals surface area contributed by atoms with E-state index in [1.807, 2.05) is 0 Å². The van der Waals surface area contributed by atoms with Gasteiger partial charge in [0.05, 0.1) is 0 Å². The van der Waals surface area contributed by atoms with Crippen LogP contribution in [0.15, 0.2) is 36.4 Å². The molecule has 0 unspecified atom stereocenters. The van der Waals surface area contributed by atoms with E-state index in [4.69, 9.17) is 56.1 Å². The summed E-state index contributed by atoms with van der Waals surface area (Å²) >= 11 is -4.63. The Bertz CT molecular complexity index is 2630. The van der Waals surface area contributed by atoms with Crippen molar-refractivity contribution in [3.63, 3.8) is 0 Å². The van der Waals surface area contributed by atoms with Crippen LogP contribution in [0.2, 0.25) is 0 Å². The Hall–Kier alpha value is -3.11. The quantitative estimate of drug-likeness (QED) is 0.0461. The zero-order chi connectivity index (χ0) is 54.4. The molecule has 0 amide bonds. The first kappa shape index (κ1) is 53.9. The summed E-state index contributed by atoms with van der Waals surface area (Å²) in [7, 11) is 15.4. The van der Waals surface area contributed by atoms with Gasteiger partial charge in [0.25, 0.3) is 0 Å². The molecule has 12 nitrogen and oxygen atoms in total. The summed E-state index contributed by atoms with van der Waals surface area (Å²) in [5.41, 5.74) is -1.89. The number of ether oxygens (including phenoxy) is 6. The third-order valence-corrected chi connectivity index (χ3v) is 34.1. The Morgan fingerprint density at radius 3 is 1.18 bits per heavy atom. The Labute approximate surface area is 478 Å². The summed E-state index contributed by atoms with van der Waals surface area (Å²) < 4.78 is 39.2. The zero-order valence-corrected chi connectivity index (χ0v) is 50.6. The molecule has 0 heterocycles. The van der Waals surface area contributed by atoms with Gasteiger partial charge >= 0.3 is 468 Å². The molecule has 0 saturated heterocycles. The van der Waals surface area contributed by atoms with Gasteiger partial charge in [0.2, 0.25) is 0 Å². The summed E-state index contributed by atoms with van der Waals surface area (Å²) in [6.07, 6.45) is 22.9. The van der Waals surface area contributed by atoms with Gasteiger partial charge in [0, 0.05) is 0 Å².